The summed E-state index contributed by atoms with van der Waals surface area (Å²) in [5, 5.41) is 2.02. The number of aryl methyl sites for hydroxylation is 1. The lowest BCUT2D eigenvalue weighted by molar-refractivity contribution is 1.10. The van der Waals surface area contributed by atoms with Gasteiger partial charge in [-0.05, 0) is 40.4 Å². The average Bonchev–Trinajstić information content (AvgIpc) is 2.82. The van der Waals surface area contributed by atoms with Crippen LogP contribution in [0, 0.1) is 6.92 Å². The molecule has 0 fully saturated rings. The summed E-state index contributed by atoms with van der Waals surface area (Å²) in [4.78, 5) is 13.1. The van der Waals surface area contributed by atoms with E-state index in [1.807, 2.05) is 24.4 Å². The molecule has 0 aliphatic rings. The van der Waals surface area contributed by atoms with Crippen LogP contribution in [0.25, 0.3) is 21.6 Å². The smallest absolute Gasteiger partial charge is 0.163 e. The van der Waals surface area contributed by atoms with Gasteiger partial charge in [-0.15, -0.1) is 11.3 Å². The third-order valence-electron chi connectivity index (χ3n) is 2.60. The van der Waals surface area contributed by atoms with Crippen molar-refractivity contribution >= 4 is 43.3 Å². The van der Waals surface area contributed by atoms with Crippen LogP contribution in [0.15, 0.2) is 28.2 Å². The second-order valence-electron chi connectivity index (χ2n) is 3.86. The van der Waals surface area contributed by atoms with E-state index >= 15 is 0 Å². The average molecular weight is 321 g/mol. The number of aromatic nitrogens is 3. The molecule has 3 aromatic heterocycles. The first-order chi connectivity index (χ1) is 8.65. The van der Waals surface area contributed by atoms with Crippen molar-refractivity contribution in [3.8, 4) is 11.4 Å². The van der Waals surface area contributed by atoms with Crippen molar-refractivity contribution in [1.29, 1.82) is 0 Å². The summed E-state index contributed by atoms with van der Waals surface area (Å²) in [6.07, 6.45) is 1.77. The maximum absolute atomic E-state index is 5.84. The fraction of sp³-hybridized carbons (Fsp3) is 0.0833. The van der Waals surface area contributed by atoms with Crippen molar-refractivity contribution in [3.63, 3.8) is 0 Å². The first-order valence-electron chi connectivity index (χ1n) is 5.28. The molecule has 0 aliphatic heterocycles. The minimum absolute atomic E-state index is 0.448. The van der Waals surface area contributed by atoms with E-state index in [1.165, 1.54) is 0 Å². The zero-order valence-corrected chi connectivity index (χ0v) is 11.9. The summed E-state index contributed by atoms with van der Waals surface area (Å²) < 4.78 is 1.87. The Kier molecular flexibility index (Phi) is 2.76. The minimum Gasteiger partial charge on any atom is -0.383 e. The quantitative estimate of drug-likeness (QED) is 0.746. The summed E-state index contributed by atoms with van der Waals surface area (Å²) in [6, 6.07) is 4.03. The van der Waals surface area contributed by atoms with Crippen molar-refractivity contribution in [2.75, 3.05) is 5.73 Å². The van der Waals surface area contributed by atoms with Gasteiger partial charge in [0.2, 0.25) is 0 Å². The van der Waals surface area contributed by atoms with Crippen LogP contribution in [0.3, 0.4) is 0 Å². The van der Waals surface area contributed by atoms with E-state index in [-0.39, 0.29) is 0 Å². The third-order valence-corrected chi connectivity index (χ3v) is 4.44. The standard InChI is InChI=1S/C12H9BrN4S/c1-6-10(13)11(14)17-12(16-6)7-4-9-8(15-5-7)2-3-18-9/h2-5H,1H3,(H2,14,16,17). The van der Waals surface area contributed by atoms with Crippen molar-refractivity contribution < 1.29 is 0 Å². The van der Waals surface area contributed by atoms with Crippen LogP contribution >= 0.6 is 27.3 Å². The molecule has 6 heteroatoms. The Morgan fingerprint density at radius 2 is 2.17 bits per heavy atom. The summed E-state index contributed by atoms with van der Waals surface area (Å²) >= 11 is 5.00. The number of nitrogen functional groups attached to an aromatic ring is 1. The lowest BCUT2D eigenvalue weighted by atomic mass is 10.2. The first kappa shape index (κ1) is 11.6. The molecule has 4 nitrogen and oxygen atoms in total. The fourth-order valence-corrected chi connectivity index (χ4v) is 2.64. The molecule has 0 atom stereocenters. The Labute approximate surface area is 116 Å². The zero-order chi connectivity index (χ0) is 12.7. The molecule has 0 saturated carbocycles. The van der Waals surface area contributed by atoms with Gasteiger partial charge in [0.25, 0.3) is 0 Å². The number of hydrogen-bond donors (Lipinski definition) is 1. The van der Waals surface area contributed by atoms with Gasteiger partial charge in [0.05, 0.1) is 20.4 Å². The van der Waals surface area contributed by atoms with Crippen LogP contribution in [0.5, 0.6) is 0 Å². The van der Waals surface area contributed by atoms with Gasteiger partial charge in [0, 0.05) is 11.8 Å². The number of halogens is 1. The molecule has 0 bridgehead atoms. The molecule has 0 aromatic carbocycles. The molecule has 3 rings (SSSR count). The van der Waals surface area contributed by atoms with E-state index in [4.69, 9.17) is 5.73 Å². The zero-order valence-electron chi connectivity index (χ0n) is 9.51. The predicted octanol–water partition coefficient (Wildman–Crippen LogP) is 3.41. The van der Waals surface area contributed by atoms with Crippen LogP contribution in [0.2, 0.25) is 0 Å². The molecule has 2 N–H and O–H groups in total. The molecular formula is C12H9BrN4S. The molecule has 0 saturated heterocycles. The fourth-order valence-electron chi connectivity index (χ4n) is 1.68. The van der Waals surface area contributed by atoms with E-state index in [0.717, 1.165) is 25.9 Å². The molecule has 0 unspecified atom stereocenters. The highest BCUT2D eigenvalue weighted by Crippen LogP contribution is 2.27. The number of thiophene rings is 1. The minimum atomic E-state index is 0.448. The Bertz CT molecular complexity index is 715. The second kappa shape index (κ2) is 4.29. The van der Waals surface area contributed by atoms with Crippen LogP contribution in [-0.2, 0) is 0 Å². The van der Waals surface area contributed by atoms with Gasteiger partial charge in [-0.1, -0.05) is 0 Å². The third kappa shape index (κ3) is 1.87. The molecule has 0 aliphatic carbocycles. The molecule has 0 radical (unpaired) electrons. The lowest BCUT2D eigenvalue weighted by Gasteiger charge is -2.05. The number of fused-ring (bicyclic) bond motifs is 1. The second-order valence-corrected chi connectivity index (χ2v) is 5.60. The van der Waals surface area contributed by atoms with Crippen molar-refractivity contribution in [1.82, 2.24) is 15.0 Å². The van der Waals surface area contributed by atoms with Crippen molar-refractivity contribution in [2.24, 2.45) is 0 Å². The monoisotopic (exact) mass is 320 g/mol. The number of hydrogen-bond acceptors (Lipinski definition) is 5. The van der Waals surface area contributed by atoms with Gasteiger partial charge in [0.1, 0.15) is 5.82 Å². The number of anilines is 1. The Balaban J connectivity index is 2.19. The molecule has 3 aromatic rings. The van der Waals surface area contributed by atoms with Gasteiger partial charge in [-0.3, -0.25) is 4.98 Å². The maximum atomic E-state index is 5.84. The van der Waals surface area contributed by atoms with Gasteiger partial charge in [-0.2, -0.15) is 0 Å². The number of nitrogens with two attached hydrogens (primary N) is 1. The highest BCUT2D eigenvalue weighted by Gasteiger charge is 2.09. The van der Waals surface area contributed by atoms with Gasteiger partial charge < -0.3 is 5.73 Å². The topological polar surface area (TPSA) is 64.7 Å². The summed E-state index contributed by atoms with van der Waals surface area (Å²) in [5.74, 6) is 1.06. The Morgan fingerprint density at radius 3 is 2.94 bits per heavy atom. The molecule has 90 valence electrons. The molecule has 18 heavy (non-hydrogen) atoms. The highest BCUT2D eigenvalue weighted by atomic mass is 79.9. The first-order valence-corrected chi connectivity index (χ1v) is 6.95. The van der Waals surface area contributed by atoms with E-state index in [9.17, 15) is 0 Å². The van der Waals surface area contributed by atoms with Gasteiger partial charge in [-0.25, -0.2) is 9.97 Å². The normalized spacial score (nSPS) is 11.0. The van der Waals surface area contributed by atoms with Gasteiger partial charge >= 0.3 is 0 Å². The molecule has 0 amide bonds. The van der Waals surface area contributed by atoms with Crippen LogP contribution in [-0.4, -0.2) is 15.0 Å². The van der Waals surface area contributed by atoms with Gasteiger partial charge in [0.15, 0.2) is 5.82 Å². The maximum Gasteiger partial charge on any atom is 0.163 e. The van der Waals surface area contributed by atoms with Crippen LogP contribution < -0.4 is 5.73 Å². The van der Waals surface area contributed by atoms with E-state index in [1.54, 1.807) is 17.5 Å². The molecule has 3 heterocycles. The number of pyridine rings is 1. The summed E-state index contributed by atoms with van der Waals surface area (Å²) in [6.45, 7) is 1.89. The Morgan fingerprint density at radius 1 is 1.33 bits per heavy atom. The van der Waals surface area contributed by atoms with Crippen molar-refractivity contribution in [2.45, 2.75) is 6.92 Å². The Hall–Kier alpha value is -1.53. The SMILES string of the molecule is Cc1nc(-c2cnc3ccsc3c2)nc(N)c1Br. The van der Waals surface area contributed by atoms with Crippen LogP contribution in [0.4, 0.5) is 5.82 Å². The highest BCUT2D eigenvalue weighted by molar-refractivity contribution is 9.10. The largest absolute Gasteiger partial charge is 0.383 e. The molecule has 0 spiro atoms. The lowest BCUT2D eigenvalue weighted by Crippen LogP contribution is -2.00. The van der Waals surface area contributed by atoms with E-state index < -0.39 is 0 Å². The van der Waals surface area contributed by atoms with E-state index in [0.29, 0.717) is 11.6 Å². The van der Waals surface area contributed by atoms with Crippen LogP contribution in [0.1, 0.15) is 5.69 Å². The molecular weight excluding hydrogens is 312 g/mol. The number of nitrogens with zero attached hydrogens (tertiary/aromatic N) is 3. The summed E-state index contributed by atoms with van der Waals surface area (Å²) in [5.41, 5.74) is 8.53. The number of rotatable bonds is 1. The predicted molar refractivity (Wildman–Crippen MR) is 77.5 cm³/mol. The van der Waals surface area contributed by atoms with E-state index in [2.05, 4.69) is 30.9 Å². The summed E-state index contributed by atoms with van der Waals surface area (Å²) in [7, 11) is 0. The van der Waals surface area contributed by atoms with Crippen molar-refractivity contribution in [3.05, 3.63) is 33.9 Å².